The van der Waals surface area contributed by atoms with Crippen LogP contribution in [0.25, 0.3) is 0 Å². The molecule has 62 heavy (non-hydrogen) atoms. The third-order valence-electron chi connectivity index (χ3n) is 12.3. The highest BCUT2D eigenvalue weighted by molar-refractivity contribution is 6.18. The number of aliphatic hydroxyl groups is 2. The van der Waals surface area contributed by atoms with E-state index in [4.69, 9.17) is 40.5 Å². The molecule has 0 radical (unpaired) electrons. The molecule has 14 heteroatoms. The first-order chi connectivity index (χ1) is 30.1. The lowest BCUT2D eigenvalue weighted by atomic mass is 9.55. The Morgan fingerprint density at radius 1 is 1.03 bits per heavy atom. The van der Waals surface area contributed by atoms with Gasteiger partial charge >= 0.3 is 6.09 Å². The molecule has 0 bridgehead atoms. The highest BCUT2D eigenvalue weighted by Gasteiger charge is 2.65. The number of unbranched alkanes of at least 4 members (excludes halogenated alkanes) is 2. The van der Waals surface area contributed by atoms with Gasteiger partial charge in [-0.2, -0.15) is 0 Å². The molecule has 3 aromatic rings. The van der Waals surface area contributed by atoms with Gasteiger partial charge in [-0.15, -0.1) is 18.2 Å². The number of aliphatic hydroxyl groups excluding tert-OH is 2. The van der Waals surface area contributed by atoms with E-state index in [1.807, 2.05) is 37.3 Å². The summed E-state index contributed by atoms with van der Waals surface area (Å²) in [6.45, 7) is 10.7. The molecule has 0 spiro atoms. The maximum atomic E-state index is 14.2. The number of alkyl halides is 1. The van der Waals surface area contributed by atoms with Crippen LogP contribution in [-0.2, 0) is 20.9 Å². The monoisotopic (exact) mass is 873 g/mol. The van der Waals surface area contributed by atoms with Gasteiger partial charge in [0.15, 0.2) is 0 Å². The first kappa shape index (κ1) is 46.6. The molecule has 1 heterocycles. The number of rotatable bonds is 22. The maximum absolute atomic E-state index is 14.2. The predicted molar refractivity (Wildman–Crippen MR) is 238 cm³/mol. The number of fused-ring (bicyclic) bond motifs is 2. The maximum Gasteiger partial charge on any atom is 0.410 e. The molecule has 1 aliphatic heterocycles. The van der Waals surface area contributed by atoms with Crippen LogP contribution in [0.1, 0.15) is 86.5 Å². The standard InChI is InChI=1S/C48H60ClN3O10/c1-5-22-51(47(55)58-26-21-49)44-30-42(50-60-31-34-14-16-36(17-15-34)52(56)57)40-28-35(11-7-9-23-53)39(12-8-10-24-54)45-41-29-38(61-37-18-13-32(3)33(4)27-37)19-20-43(41)62-48(44,46(40)45)59-25-6-2/h6,13-20,27-29,35,39,44-46,53-54H,2,5,7-12,21-26,30-31H2,1,3-4H3. The molecule has 6 rings (SSSR count). The van der Waals surface area contributed by atoms with Gasteiger partial charge in [-0.05, 0) is 123 Å². The van der Waals surface area contributed by atoms with Gasteiger partial charge in [-0.25, -0.2) is 4.79 Å². The van der Waals surface area contributed by atoms with Crippen LogP contribution in [0.4, 0.5) is 10.5 Å². The van der Waals surface area contributed by atoms with Crippen LogP contribution in [0.15, 0.2) is 90.1 Å². The fourth-order valence-corrected chi connectivity index (χ4v) is 9.43. The normalized spacial score (nSPS) is 23.0. The second-order valence-electron chi connectivity index (χ2n) is 16.3. The van der Waals surface area contributed by atoms with E-state index in [1.54, 1.807) is 23.1 Å². The number of hydrogen-bond donors (Lipinski definition) is 2. The fraction of sp³-hybridized carbons (Fsp3) is 0.500. The number of hydrogen-bond acceptors (Lipinski definition) is 11. The second kappa shape index (κ2) is 21.9. The summed E-state index contributed by atoms with van der Waals surface area (Å²) in [7, 11) is 0. The zero-order valence-corrected chi connectivity index (χ0v) is 36.8. The first-order valence-corrected chi connectivity index (χ1v) is 22.3. The van der Waals surface area contributed by atoms with Gasteiger partial charge in [0.2, 0.25) is 5.79 Å². The number of aryl methyl sites for hydroxylation is 2. The molecule has 2 N–H and O–H groups in total. The number of carbonyl (C=O) groups excluding carboxylic acids is 1. The van der Waals surface area contributed by atoms with Gasteiger partial charge in [0.1, 0.15) is 36.5 Å². The van der Waals surface area contributed by atoms with Crippen molar-refractivity contribution in [1.29, 1.82) is 0 Å². The summed E-state index contributed by atoms with van der Waals surface area (Å²) >= 11 is 6.03. The molecular formula is C48H60ClN3O10. The van der Waals surface area contributed by atoms with Gasteiger partial charge in [0, 0.05) is 49.8 Å². The lowest BCUT2D eigenvalue weighted by molar-refractivity contribution is -0.384. The molecule has 2 aliphatic carbocycles. The van der Waals surface area contributed by atoms with Crippen LogP contribution in [0.3, 0.4) is 0 Å². The van der Waals surface area contributed by atoms with Crippen molar-refractivity contribution >= 4 is 29.1 Å². The number of nitro groups is 1. The highest BCUT2D eigenvalue weighted by Crippen LogP contribution is 2.62. The number of benzene rings is 3. The van der Waals surface area contributed by atoms with E-state index in [1.165, 1.54) is 12.1 Å². The number of amides is 1. The Labute approximate surface area is 369 Å². The lowest BCUT2D eigenvalue weighted by Gasteiger charge is -2.59. The number of ether oxygens (including phenoxy) is 4. The van der Waals surface area contributed by atoms with Crippen molar-refractivity contribution in [1.82, 2.24) is 4.90 Å². The van der Waals surface area contributed by atoms with Gasteiger partial charge in [-0.3, -0.25) is 15.0 Å². The van der Waals surface area contributed by atoms with E-state index >= 15 is 0 Å². The van der Waals surface area contributed by atoms with E-state index in [-0.39, 0.29) is 68.8 Å². The van der Waals surface area contributed by atoms with Gasteiger partial charge in [0.05, 0.1) is 29.0 Å². The number of nitrogens with zero attached hydrogens (tertiary/aromatic N) is 3. The van der Waals surface area contributed by atoms with Gasteiger partial charge in [-0.1, -0.05) is 43.1 Å². The second-order valence-corrected chi connectivity index (χ2v) is 16.7. The Hall–Kier alpha value is -4.95. The zero-order valence-electron chi connectivity index (χ0n) is 36.0. The van der Waals surface area contributed by atoms with Crippen LogP contribution >= 0.6 is 11.6 Å². The number of allylic oxidation sites excluding steroid dienone is 1. The molecule has 334 valence electrons. The summed E-state index contributed by atoms with van der Waals surface area (Å²) in [5, 5.41) is 36.0. The van der Waals surface area contributed by atoms with E-state index in [2.05, 4.69) is 32.6 Å². The number of halogens is 1. The molecular weight excluding hydrogens is 814 g/mol. The summed E-state index contributed by atoms with van der Waals surface area (Å²) in [6.07, 6.45) is 8.60. The minimum atomic E-state index is -1.45. The summed E-state index contributed by atoms with van der Waals surface area (Å²) in [6, 6.07) is 17.3. The minimum absolute atomic E-state index is 0.0137. The predicted octanol–water partition coefficient (Wildman–Crippen LogP) is 9.93. The third kappa shape index (κ3) is 10.5. The Balaban J connectivity index is 1.56. The number of non-ortho nitro benzene ring substituents is 1. The molecule has 13 nitrogen and oxygen atoms in total. The minimum Gasteiger partial charge on any atom is -0.459 e. The molecule has 3 aliphatic rings. The lowest BCUT2D eigenvalue weighted by Crippen LogP contribution is -2.70. The van der Waals surface area contributed by atoms with E-state index < -0.39 is 28.8 Å². The first-order valence-electron chi connectivity index (χ1n) is 21.8. The summed E-state index contributed by atoms with van der Waals surface area (Å²) in [5.41, 5.74) is 5.37. The van der Waals surface area contributed by atoms with E-state index in [9.17, 15) is 25.1 Å². The van der Waals surface area contributed by atoms with E-state index in [0.29, 0.717) is 54.3 Å². The largest absolute Gasteiger partial charge is 0.459 e. The van der Waals surface area contributed by atoms with Crippen LogP contribution in [0, 0.1) is 41.7 Å². The van der Waals surface area contributed by atoms with Crippen LogP contribution in [0.5, 0.6) is 17.2 Å². The molecule has 6 unspecified atom stereocenters. The molecule has 0 saturated heterocycles. The fourth-order valence-electron chi connectivity index (χ4n) is 9.35. The van der Waals surface area contributed by atoms with E-state index in [0.717, 1.165) is 47.9 Å². The number of carbonyl (C=O) groups is 1. The quantitative estimate of drug-likeness (QED) is 0.0327. The topological polar surface area (TPSA) is 162 Å². The molecule has 6 atom stereocenters. The van der Waals surface area contributed by atoms with Crippen molar-refractivity contribution in [3.05, 3.63) is 117 Å². The van der Waals surface area contributed by atoms with Crippen molar-refractivity contribution in [2.24, 2.45) is 22.9 Å². The molecule has 3 aromatic carbocycles. The summed E-state index contributed by atoms with van der Waals surface area (Å²) in [4.78, 5) is 32.9. The molecule has 0 aromatic heterocycles. The summed E-state index contributed by atoms with van der Waals surface area (Å²) < 4.78 is 26.6. The Morgan fingerprint density at radius 3 is 2.44 bits per heavy atom. The third-order valence-corrected chi connectivity index (χ3v) is 12.4. The zero-order chi connectivity index (χ0) is 44.2. The highest BCUT2D eigenvalue weighted by atomic mass is 35.5. The van der Waals surface area contributed by atoms with Crippen LogP contribution in [0.2, 0.25) is 0 Å². The van der Waals surface area contributed by atoms with Crippen LogP contribution < -0.4 is 9.47 Å². The van der Waals surface area contributed by atoms with Gasteiger partial charge in [0.25, 0.3) is 5.69 Å². The molecule has 1 amide bonds. The number of nitro benzene ring substituents is 1. The SMILES string of the molecule is C=CCOC12Oc3ccc(Oc4ccc(C)c(C)c4)cc3C3C(CCCCO)C(CCCCO)C=C(C(=NOCc4ccc([N+](=O)[O-])cc4)CC1N(CCC)C(=O)OCCCl)C32. The number of oxime groups is 1. The van der Waals surface area contributed by atoms with Crippen molar-refractivity contribution in [3.63, 3.8) is 0 Å². The average Bonchev–Trinajstić information content (AvgIpc) is 3.27. The Kier molecular flexibility index (Phi) is 16.4. The molecule has 1 fully saturated rings. The van der Waals surface area contributed by atoms with Crippen LogP contribution in [-0.4, -0.2) is 82.5 Å². The molecule has 1 saturated carbocycles. The summed E-state index contributed by atoms with van der Waals surface area (Å²) in [5.74, 6) is -0.106. The Morgan fingerprint density at radius 2 is 1.76 bits per heavy atom. The smallest absolute Gasteiger partial charge is 0.410 e. The van der Waals surface area contributed by atoms with Gasteiger partial charge < -0.3 is 34.0 Å². The Bertz CT molecular complexity index is 2080. The van der Waals surface area contributed by atoms with Crippen molar-refractivity contribution < 1.29 is 43.7 Å². The van der Waals surface area contributed by atoms with Crippen molar-refractivity contribution in [2.45, 2.75) is 96.5 Å². The van der Waals surface area contributed by atoms with Crippen molar-refractivity contribution in [2.75, 3.05) is 38.9 Å². The van der Waals surface area contributed by atoms with Crippen molar-refractivity contribution in [3.8, 4) is 17.2 Å². The average molecular weight is 874 g/mol.